The van der Waals surface area contributed by atoms with Crippen molar-refractivity contribution in [3.8, 4) is 5.75 Å². The molecule has 0 spiro atoms. The van der Waals surface area contributed by atoms with E-state index in [1.165, 1.54) is 6.92 Å². The number of aryl methyl sites for hydroxylation is 1. The number of morpholine rings is 1. The number of amides is 1. The second kappa shape index (κ2) is 9.43. The SMILES string of the molecule is CC(=O)Oc1ccccc1C(=O)N(CCN1CCOCC1)c1cccc(C)n1. The van der Waals surface area contributed by atoms with Crippen molar-refractivity contribution in [3.63, 3.8) is 0 Å². The molecule has 28 heavy (non-hydrogen) atoms. The molecular formula is C21H25N3O4. The Labute approximate surface area is 164 Å². The molecule has 1 amide bonds. The first kappa shape index (κ1) is 20.0. The van der Waals surface area contributed by atoms with Gasteiger partial charge in [-0.15, -0.1) is 0 Å². The number of ether oxygens (including phenoxy) is 2. The Hall–Kier alpha value is -2.77. The van der Waals surface area contributed by atoms with Crippen LogP contribution in [0, 0.1) is 6.92 Å². The van der Waals surface area contributed by atoms with Gasteiger partial charge in [-0.1, -0.05) is 18.2 Å². The molecule has 0 aliphatic carbocycles. The van der Waals surface area contributed by atoms with Crippen LogP contribution in [0.3, 0.4) is 0 Å². The van der Waals surface area contributed by atoms with E-state index in [0.717, 1.165) is 18.8 Å². The minimum absolute atomic E-state index is 0.247. The molecule has 1 fully saturated rings. The highest BCUT2D eigenvalue weighted by Gasteiger charge is 2.24. The van der Waals surface area contributed by atoms with Gasteiger partial charge in [0.25, 0.3) is 5.91 Å². The molecule has 1 aliphatic heterocycles. The summed E-state index contributed by atoms with van der Waals surface area (Å²) in [6.45, 7) is 7.48. The molecule has 1 aromatic heterocycles. The summed E-state index contributed by atoms with van der Waals surface area (Å²) in [5.74, 6) is 0.122. The van der Waals surface area contributed by atoms with Crippen LogP contribution in [-0.2, 0) is 9.53 Å². The van der Waals surface area contributed by atoms with Crippen LogP contribution in [-0.4, -0.2) is 61.2 Å². The number of hydrogen-bond donors (Lipinski definition) is 0. The number of nitrogens with zero attached hydrogens (tertiary/aromatic N) is 3. The van der Waals surface area contributed by atoms with Gasteiger partial charge in [-0.3, -0.25) is 19.4 Å². The fourth-order valence-electron chi connectivity index (χ4n) is 3.10. The molecule has 0 N–H and O–H groups in total. The van der Waals surface area contributed by atoms with E-state index < -0.39 is 5.97 Å². The fourth-order valence-corrected chi connectivity index (χ4v) is 3.10. The van der Waals surface area contributed by atoms with Gasteiger partial charge < -0.3 is 9.47 Å². The number of hydrogen-bond acceptors (Lipinski definition) is 6. The predicted octanol–water partition coefficient (Wildman–Crippen LogP) is 2.29. The average molecular weight is 383 g/mol. The van der Waals surface area contributed by atoms with Gasteiger partial charge >= 0.3 is 5.97 Å². The standard InChI is InChI=1S/C21H25N3O4/c1-16-6-5-9-20(22-16)24(11-10-23-12-14-27-15-13-23)21(26)18-7-3-4-8-19(18)28-17(2)25/h3-9H,10-15H2,1-2H3. The number of anilines is 1. The Bertz CT molecular complexity index is 834. The second-order valence-electron chi connectivity index (χ2n) is 6.64. The molecule has 0 unspecified atom stereocenters. The highest BCUT2D eigenvalue weighted by atomic mass is 16.5. The molecule has 2 aromatic rings. The molecular weight excluding hydrogens is 358 g/mol. The molecule has 2 heterocycles. The second-order valence-corrected chi connectivity index (χ2v) is 6.64. The van der Waals surface area contributed by atoms with E-state index in [0.29, 0.717) is 37.7 Å². The van der Waals surface area contributed by atoms with E-state index in [-0.39, 0.29) is 11.7 Å². The number of aromatic nitrogens is 1. The number of benzene rings is 1. The van der Waals surface area contributed by atoms with Crippen LogP contribution in [0.4, 0.5) is 5.82 Å². The van der Waals surface area contributed by atoms with Gasteiger partial charge in [0.2, 0.25) is 0 Å². The van der Waals surface area contributed by atoms with Gasteiger partial charge in [0.05, 0.1) is 18.8 Å². The van der Waals surface area contributed by atoms with Crippen LogP contribution in [0.25, 0.3) is 0 Å². The van der Waals surface area contributed by atoms with Crippen LogP contribution < -0.4 is 9.64 Å². The number of carbonyl (C=O) groups is 2. The van der Waals surface area contributed by atoms with Gasteiger partial charge in [-0.2, -0.15) is 0 Å². The number of esters is 1. The summed E-state index contributed by atoms with van der Waals surface area (Å²) in [6, 6.07) is 12.4. The van der Waals surface area contributed by atoms with Crippen molar-refractivity contribution in [2.24, 2.45) is 0 Å². The van der Waals surface area contributed by atoms with Crippen LogP contribution in [0.15, 0.2) is 42.5 Å². The Morgan fingerprint density at radius 1 is 1.14 bits per heavy atom. The molecule has 0 atom stereocenters. The molecule has 1 aromatic carbocycles. The lowest BCUT2D eigenvalue weighted by molar-refractivity contribution is -0.131. The third-order valence-corrected chi connectivity index (χ3v) is 4.51. The third kappa shape index (κ3) is 5.15. The quantitative estimate of drug-likeness (QED) is 0.563. The van der Waals surface area contributed by atoms with E-state index in [4.69, 9.17) is 9.47 Å². The lowest BCUT2D eigenvalue weighted by Crippen LogP contribution is -2.43. The first-order chi connectivity index (χ1) is 13.5. The van der Waals surface area contributed by atoms with Gasteiger partial charge in [0.15, 0.2) is 0 Å². The lowest BCUT2D eigenvalue weighted by Gasteiger charge is -2.30. The molecule has 0 bridgehead atoms. The zero-order valence-corrected chi connectivity index (χ0v) is 16.3. The minimum atomic E-state index is -0.464. The number of rotatable bonds is 6. The zero-order valence-electron chi connectivity index (χ0n) is 16.3. The first-order valence-electron chi connectivity index (χ1n) is 9.37. The Balaban J connectivity index is 1.87. The number of pyridine rings is 1. The van der Waals surface area contributed by atoms with Crippen molar-refractivity contribution >= 4 is 17.7 Å². The number of para-hydroxylation sites is 1. The zero-order chi connectivity index (χ0) is 19.9. The summed E-state index contributed by atoms with van der Waals surface area (Å²) >= 11 is 0. The van der Waals surface area contributed by atoms with Crippen molar-refractivity contribution in [1.29, 1.82) is 0 Å². The van der Waals surface area contributed by atoms with E-state index in [1.807, 2.05) is 25.1 Å². The largest absolute Gasteiger partial charge is 0.426 e. The maximum atomic E-state index is 13.4. The van der Waals surface area contributed by atoms with Crippen molar-refractivity contribution < 1.29 is 19.1 Å². The van der Waals surface area contributed by atoms with Crippen molar-refractivity contribution in [2.75, 3.05) is 44.3 Å². The van der Waals surface area contributed by atoms with E-state index in [9.17, 15) is 9.59 Å². The van der Waals surface area contributed by atoms with E-state index in [2.05, 4.69) is 9.88 Å². The summed E-state index contributed by atoms with van der Waals surface area (Å²) in [6.07, 6.45) is 0. The smallest absolute Gasteiger partial charge is 0.308 e. The molecule has 1 saturated heterocycles. The molecule has 7 nitrogen and oxygen atoms in total. The Kier molecular flexibility index (Phi) is 6.73. The summed E-state index contributed by atoms with van der Waals surface area (Å²) in [5, 5.41) is 0. The Morgan fingerprint density at radius 2 is 1.89 bits per heavy atom. The van der Waals surface area contributed by atoms with Gasteiger partial charge in [0.1, 0.15) is 11.6 Å². The normalized spacial score (nSPS) is 14.5. The highest BCUT2D eigenvalue weighted by Crippen LogP contribution is 2.23. The van der Waals surface area contributed by atoms with Crippen molar-refractivity contribution in [1.82, 2.24) is 9.88 Å². The van der Waals surface area contributed by atoms with Gasteiger partial charge in [0, 0.05) is 38.8 Å². The van der Waals surface area contributed by atoms with Crippen LogP contribution >= 0.6 is 0 Å². The monoisotopic (exact) mass is 383 g/mol. The lowest BCUT2D eigenvalue weighted by atomic mass is 10.1. The van der Waals surface area contributed by atoms with E-state index in [1.54, 1.807) is 29.2 Å². The summed E-state index contributed by atoms with van der Waals surface area (Å²) in [5.41, 5.74) is 1.16. The highest BCUT2D eigenvalue weighted by molar-refractivity contribution is 6.07. The molecule has 0 saturated carbocycles. The number of carbonyl (C=O) groups excluding carboxylic acids is 2. The average Bonchev–Trinajstić information content (AvgIpc) is 2.69. The summed E-state index contributed by atoms with van der Waals surface area (Å²) in [7, 11) is 0. The van der Waals surface area contributed by atoms with Gasteiger partial charge in [-0.25, -0.2) is 4.98 Å². The summed E-state index contributed by atoms with van der Waals surface area (Å²) in [4.78, 5) is 33.2. The van der Waals surface area contributed by atoms with E-state index >= 15 is 0 Å². The molecule has 7 heteroatoms. The maximum Gasteiger partial charge on any atom is 0.308 e. The van der Waals surface area contributed by atoms with Crippen LogP contribution in [0.1, 0.15) is 23.0 Å². The van der Waals surface area contributed by atoms with Crippen molar-refractivity contribution in [2.45, 2.75) is 13.8 Å². The fraction of sp³-hybridized carbons (Fsp3) is 0.381. The predicted molar refractivity (Wildman–Crippen MR) is 106 cm³/mol. The minimum Gasteiger partial charge on any atom is -0.426 e. The first-order valence-corrected chi connectivity index (χ1v) is 9.37. The van der Waals surface area contributed by atoms with Crippen molar-refractivity contribution in [3.05, 3.63) is 53.7 Å². The topological polar surface area (TPSA) is 72.0 Å². The maximum absolute atomic E-state index is 13.4. The third-order valence-electron chi connectivity index (χ3n) is 4.51. The van der Waals surface area contributed by atoms with Gasteiger partial charge in [-0.05, 0) is 31.2 Å². The van der Waals surface area contributed by atoms with Crippen LogP contribution in [0.5, 0.6) is 5.75 Å². The molecule has 3 rings (SSSR count). The molecule has 148 valence electrons. The molecule has 1 aliphatic rings. The van der Waals surface area contributed by atoms with Crippen LogP contribution in [0.2, 0.25) is 0 Å². The summed E-state index contributed by atoms with van der Waals surface area (Å²) < 4.78 is 10.6. The Morgan fingerprint density at radius 3 is 2.61 bits per heavy atom. The molecule has 0 radical (unpaired) electrons.